The van der Waals surface area contributed by atoms with Crippen molar-refractivity contribution in [1.29, 1.82) is 0 Å². The smallest absolute Gasteiger partial charge is 0.192 e. The summed E-state index contributed by atoms with van der Waals surface area (Å²) in [6.45, 7) is 14.0. The van der Waals surface area contributed by atoms with Gasteiger partial charge in [-0.05, 0) is 31.5 Å². The van der Waals surface area contributed by atoms with Gasteiger partial charge in [-0.25, -0.2) is 0 Å². The fourth-order valence-electron chi connectivity index (χ4n) is 0.967. The number of carbonyl (C=O) groups is 1. The second-order valence-corrected chi connectivity index (χ2v) is 10.7. The van der Waals surface area contributed by atoms with Gasteiger partial charge >= 0.3 is 0 Å². The third-order valence-corrected chi connectivity index (χ3v) is 7.72. The van der Waals surface area contributed by atoms with E-state index in [4.69, 9.17) is 4.43 Å². The normalized spacial score (nSPS) is 14.0. The monoisotopic (exact) mass is 242 g/mol. The van der Waals surface area contributed by atoms with Crippen LogP contribution in [0.5, 0.6) is 0 Å². The highest BCUT2D eigenvalue weighted by atomic mass is 28.4. The predicted octanol–water partition coefficient (Wildman–Crippen LogP) is 3.93. The fourth-order valence-corrected chi connectivity index (χ4v) is 1.99. The van der Waals surface area contributed by atoms with Crippen molar-refractivity contribution in [2.75, 3.05) is 6.61 Å². The molecule has 0 atom stereocenters. The van der Waals surface area contributed by atoms with E-state index in [1.54, 1.807) is 0 Å². The second-order valence-electron chi connectivity index (χ2n) is 5.84. The molecule has 0 heterocycles. The molecule has 0 aliphatic carbocycles. The minimum atomic E-state index is -1.63. The van der Waals surface area contributed by atoms with Crippen molar-refractivity contribution in [3.05, 3.63) is 11.6 Å². The van der Waals surface area contributed by atoms with Gasteiger partial charge in [0, 0.05) is 6.42 Å². The molecule has 0 amide bonds. The molecular formula is C13H26O2Si. The van der Waals surface area contributed by atoms with E-state index in [-0.39, 0.29) is 5.04 Å². The largest absolute Gasteiger partial charge is 0.413 e. The quantitative estimate of drug-likeness (QED) is 0.305. The molecule has 0 aliphatic heterocycles. The summed E-state index contributed by atoms with van der Waals surface area (Å²) in [5, 5.41) is 0.260. The molecule has 0 aromatic rings. The summed E-state index contributed by atoms with van der Waals surface area (Å²) in [5.74, 6) is 0. The topological polar surface area (TPSA) is 26.3 Å². The highest BCUT2D eigenvalue weighted by Gasteiger charge is 2.36. The summed E-state index contributed by atoms with van der Waals surface area (Å²) in [6, 6.07) is 0. The summed E-state index contributed by atoms with van der Waals surface area (Å²) < 4.78 is 6.07. The summed E-state index contributed by atoms with van der Waals surface area (Å²) in [6.07, 6.45) is 4.49. The van der Waals surface area contributed by atoms with Crippen LogP contribution in [0.1, 0.15) is 40.5 Å². The molecule has 16 heavy (non-hydrogen) atoms. The van der Waals surface area contributed by atoms with Gasteiger partial charge in [0.2, 0.25) is 0 Å². The highest BCUT2D eigenvalue weighted by molar-refractivity contribution is 6.74. The van der Waals surface area contributed by atoms with Crippen LogP contribution in [0.2, 0.25) is 18.1 Å². The van der Waals surface area contributed by atoms with E-state index in [9.17, 15) is 4.79 Å². The third-order valence-electron chi connectivity index (χ3n) is 3.24. The lowest BCUT2D eigenvalue weighted by molar-refractivity contribution is -0.107. The van der Waals surface area contributed by atoms with Gasteiger partial charge in [0.1, 0.15) is 6.29 Å². The van der Waals surface area contributed by atoms with Crippen LogP contribution in [-0.4, -0.2) is 21.2 Å². The van der Waals surface area contributed by atoms with Gasteiger partial charge < -0.3 is 9.22 Å². The van der Waals surface area contributed by atoms with Gasteiger partial charge in [-0.3, -0.25) is 0 Å². The number of hydrogen-bond donors (Lipinski definition) is 0. The van der Waals surface area contributed by atoms with Gasteiger partial charge in [0.25, 0.3) is 0 Å². The van der Waals surface area contributed by atoms with E-state index in [2.05, 4.69) is 46.9 Å². The maximum Gasteiger partial charge on any atom is 0.192 e. The molecule has 0 saturated heterocycles. The Balaban J connectivity index is 4.14. The number of carbonyl (C=O) groups excluding carboxylic acids is 1. The molecule has 94 valence electrons. The molecule has 0 radical (unpaired) electrons. The zero-order valence-electron chi connectivity index (χ0n) is 11.6. The van der Waals surface area contributed by atoms with Crippen molar-refractivity contribution in [1.82, 2.24) is 0 Å². The number of allylic oxidation sites excluding steroid dienone is 1. The van der Waals surface area contributed by atoms with E-state index < -0.39 is 8.32 Å². The van der Waals surface area contributed by atoms with Crippen LogP contribution in [0.4, 0.5) is 0 Å². The highest BCUT2D eigenvalue weighted by Crippen LogP contribution is 2.36. The predicted molar refractivity (Wildman–Crippen MR) is 72.2 cm³/mol. The number of hydrogen-bond acceptors (Lipinski definition) is 2. The van der Waals surface area contributed by atoms with Gasteiger partial charge in [-0.1, -0.05) is 32.4 Å². The van der Waals surface area contributed by atoms with Crippen molar-refractivity contribution in [3.8, 4) is 0 Å². The van der Waals surface area contributed by atoms with Crippen molar-refractivity contribution >= 4 is 14.6 Å². The molecule has 0 spiro atoms. The van der Waals surface area contributed by atoms with Gasteiger partial charge in [0.05, 0.1) is 6.61 Å². The van der Waals surface area contributed by atoms with Crippen molar-refractivity contribution < 1.29 is 9.22 Å². The summed E-state index contributed by atoms with van der Waals surface area (Å²) in [5.41, 5.74) is 1.23. The Hall–Kier alpha value is -0.413. The molecule has 0 fully saturated rings. The lowest BCUT2D eigenvalue weighted by Gasteiger charge is -2.36. The van der Waals surface area contributed by atoms with Crippen molar-refractivity contribution in [2.45, 2.75) is 58.7 Å². The Morgan fingerprint density at radius 3 is 2.25 bits per heavy atom. The minimum absolute atomic E-state index is 0.260. The summed E-state index contributed by atoms with van der Waals surface area (Å²) in [4.78, 5) is 10.2. The first-order valence-electron chi connectivity index (χ1n) is 5.94. The lowest BCUT2D eigenvalue weighted by Crippen LogP contribution is -2.41. The first-order valence-corrected chi connectivity index (χ1v) is 8.85. The molecule has 3 heteroatoms. The molecular weight excluding hydrogens is 216 g/mol. The van der Waals surface area contributed by atoms with E-state index in [0.29, 0.717) is 13.0 Å². The van der Waals surface area contributed by atoms with Gasteiger partial charge in [-0.15, -0.1) is 0 Å². The Morgan fingerprint density at radius 1 is 1.25 bits per heavy atom. The fraction of sp³-hybridized carbons (Fsp3) is 0.769. The maximum atomic E-state index is 10.2. The van der Waals surface area contributed by atoms with Crippen LogP contribution >= 0.6 is 0 Å². The number of rotatable bonds is 6. The third kappa shape index (κ3) is 5.61. The number of unbranched alkanes of at least 4 members (excludes halogenated alkanes) is 1. The standard InChI is InChI=1S/C13H26O2Si/c1-12(9-7-8-10-14)11-15-16(5,6)13(2,3)4/h9-10H,7-8,11H2,1-6H3/b12-9+. The summed E-state index contributed by atoms with van der Waals surface area (Å²) in [7, 11) is -1.63. The zero-order valence-corrected chi connectivity index (χ0v) is 12.6. The van der Waals surface area contributed by atoms with Crippen molar-refractivity contribution in [2.24, 2.45) is 0 Å². The van der Waals surface area contributed by atoms with Crippen LogP contribution in [0.15, 0.2) is 11.6 Å². The van der Waals surface area contributed by atoms with Crippen LogP contribution in [0, 0.1) is 0 Å². The van der Waals surface area contributed by atoms with E-state index in [0.717, 1.165) is 12.7 Å². The molecule has 0 N–H and O–H groups in total. The Labute approximate surface area is 101 Å². The molecule has 2 nitrogen and oxygen atoms in total. The van der Waals surface area contributed by atoms with Crippen LogP contribution < -0.4 is 0 Å². The maximum absolute atomic E-state index is 10.2. The summed E-state index contributed by atoms with van der Waals surface area (Å²) >= 11 is 0. The molecule has 0 bridgehead atoms. The molecule has 0 rings (SSSR count). The average molecular weight is 242 g/mol. The Kier molecular flexibility index (Phi) is 6.19. The molecule has 0 aromatic carbocycles. The molecule has 0 saturated carbocycles. The number of aldehydes is 1. The minimum Gasteiger partial charge on any atom is -0.413 e. The van der Waals surface area contributed by atoms with Crippen LogP contribution in [0.3, 0.4) is 0 Å². The van der Waals surface area contributed by atoms with Crippen LogP contribution in [-0.2, 0) is 9.22 Å². The Morgan fingerprint density at radius 2 is 1.81 bits per heavy atom. The lowest BCUT2D eigenvalue weighted by atomic mass is 10.2. The first kappa shape index (κ1) is 15.6. The van der Waals surface area contributed by atoms with E-state index >= 15 is 0 Å². The molecule has 0 aliphatic rings. The van der Waals surface area contributed by atoms with E-state index in [1.165, 1.54) is 5.57 Å². The van der Waals surface area contributed by atoms with Gasteiger partial charge in [-0.2, -0.15) is 0 Å². The zero-order chi connectivity index (χ0) is 12.8. The average Bonchev–Trinajstić information content (AvgIpc) is 2.13. The van der Waals surface area contributed by atoms with Crippen LogP contribution in [0.25, 0.3) is 0 Å². The van der Waals surface area contributed by atoms with Crippen molar-refractivity contribution in [3.63, 3.8) is 0 Å². The SMILES string of the molecule is C/C(=C\CCC=O)CO[Si](C)(C)C(C)(C)C. The van der Waals surface area contributed by atoms with E-state index in [1.807, 2.05) is 0 Å². The first-order chi connectivity index (χ1) is 7.20. The second kappa shape index (κ2) is 6.35. The Bertz CT molecular complexity index is 249. The molecule has 0 unspecified atom stereocenters. The molecule has 0 aromatic heterocycles. The van der Waals surface area contributed by atoms with Gasteiger partial charge in [0.15, 0.2) is 8.32 Å².